The quantitative estimate of drug-likeness (QED) is 0.628. The molecule has 1 aromatic heterocycles. The fourth-order valence-corrected chi connectivity index (χ4v) is 1.33. The van der Waals surface area contributed by atoms with Gasteiger partial charge in [0.2, 0.25) is 4.34 Å². The average Bonchev–Trinajstić information content (AvgIpc) is 2.14. The van der Waals surface area contributed by atoms with Crippen molar-refractivity contribution >= 4 is 24.0 Å². The van der Waals surface area contributed by atoms with Gasteiger partial charge in [-0.1, -0.05) is 25.2 Å². The van der Waals surface area contributed by atoms with E-state index >= 15 is 0 Å². The van der Waals surface area contributed by atoms with Crippen LogP contribution in [0.25, 0.3) is 0 Å². The SMILES string of the molecule is CC(C)c1nnc([S])s1. The van der Waals surface area contributed by atoms with Gasteiger partial charge in [0.05, 0.1) is 0 Å². The summed E-state index contributed by atoms with van der Waals surface area (Å²) in [6.07, 6.45) is 0. The second kappa shape index (κ2) is 2.58. The lowest BCUT2D eigenvalue weighted by Crippen LogP contribution is -1.83. The van der Waals surface area contributed by atoms with Crippen molar-refractivity contribution in [3.8, 4) is 0 Å². The Morgan fingerprint density at radius 3 is 2.33 bits per heavy atom. The summed E-state index contributed by atoms with van der Waals surface area (Å²) in [5.41, 5.74) is 0. The van der Waals surface area contributed by atoms with Gasteiger partial charge in [-0.3, -0.25) is 0 Å². The predicted molar refractivity (Wildman–Crippen MR) is 39.9 cm³/mol. The molecule has 1 heterocycles. The lowest BCUT2D eigenvalue weighted by molar-refractivity contribution is 0.817. The Bertz CT molecular complexity index is 195. The summed E-state index contributed by atoms with van der Waals surface area (Å²) >= 11 is 6.29. The van der Waals surface area contributed by atoms with Crippen LogP contribution in [0.4, 0.5) is 0 Å². The molecule has 2 nitrogen and oxygen atoms in total. The van der Waals surface area contributed by atoms with Crippen molar-refractivity contribution in [2.75, 3.05) is 0 Å². The fourth-order valence-electron chi connectivity index (χ4n) is 0.454. The molecule has 0 N–H and O–H groups in total. The molecular formula is C5H7N2S2. The molecule has 0 saturated heterocycles. The zero-order valence-electron chi connectivity index (χ0n) is 5.29. The molecule has 1 rings (SSSR count). The number of hydrogen-bond acceptors (Lipinski definition) is 3. The van der Waals surface area contributed by atoms with Crippen molar-refractivity contribution in [3.63, 3.8) is 0 Å². The minimum atomic E-state index is 0.458. The van der Waals surface area contributed by atoms with Crippen molar-refractivity contribution in [1.82, 2.24) is 10.2 Å². The van der Waals surface area contributed by atoms with E-state index in [2.05, 4.69) is 24.0 Å². The van der Waals surface area contributed by atoms with Gasteiger partial charge in [0.1, 0.15) is 5.01 Å². The molecular weight excluding hydrogens is 152 g/mol. The largest absolute Gasteiger partial charge is 0.204 e. The molecule has 0 atom stereocenters. The third-order valence-corrected chi connectivity index (χ3v) is 2.27. The highest BCUT2D eigenvalue weighted by Gasteiger charge is 2.04. The molecule has 0 bridgehead atoms. The Morgan fingerprint density at radius 1 is 1.44 bits per heavy atom. The van der Waals surface area contributed by atoms with Crippen LogP contribution in [-0.4, -0.2) is 10.2 Å². The third-order valence-electron chi connectivity index (χ3n) is 0.916. The first kappa shape index (κ1) is 6.89. The first-order valence-corrected chi connectivity index (χ1v) is 3.93. The van der Waals surface area contributed by atoms with Crippen molar-refractivity contribution in [1.29, 1.82) is 0 Å². The van der Waals surface area contributed by atoms with E-state index in [1.807, 2.05) is 0 Å². The van der Waals surface area contributed by atoms with E-state index in [9.17, 15) is 0 Å². The first-order valence-electron chi connectivity index (χ1n) is 2.70. The van der Waals surface area contributed by atoms with Gasteiger partial charge in [-0.15, -0.1) is 10.2 Å². The van der Waals surface area contributed by atoms with E-state index in [0.717, 1.165) is 5.01 Å². The van der Waals surface area contributed by atoms with Gasteiger partial charge in [-0.05, 0) is 12.6 Å². The first-order chi connectivity index (χ1) is 4.20. The highest BCUT2D eigenvalue weighted by atomic mass is 32.2. The minimum absolute atomic E-state index is 0.458. The number of hydrogen-bond donors (Lipinski definition) is 0. The summed E-state index contributed by atoms with van der Waals surface area (Å²) in [6.45, 7) is 4.16. The Hall–Kier alpha value is -0.220. The lowest BCUT2D eigenvalue weighted by atomic mass is 10.2. The van der Waals surface area contributed by atoms with Crippen LogP contribution in [0.5, 0.6) is 0 Å². The van der Waals surface area contributed by atoms with E-state index in [-0.39, 0.29) is 0 Å². The van der Waals surface area contributed by atoms with E-state index in [0.29, 0.717) is 10.3 Å². The van der Waals surface area contributed by atoms with Gasteiger partial charge in [0.25, 0.3) is 0 Å². The van der Waals surface area contributed by atoms with Crippen molar-refractivity contribution in [2.24, 2.45) is 0 Å². The van der Waals surface area contributed by atoms with E-state index < -0.39 is 0 Å². The molecule has 49 valence electrons. The van der Waals surface area contributed by atoms with Crippen molar-refractivity contribution in [2.45, 2.75) is 24.1 Å². The summed E-state index contributed by atoms with van der Waals surface area (Å²) in [6, 6.07) is 0. The van der Waals surface area contributed by atoms with Crippen LogP contribution in [0.1, 0.15) is 24.8 Å². The summed E-state index contributed by atoms with van der Waals surface area (Å²) in [5, 5.41) is 8.63. The molecule has 0 aromatic carbocycles. The maximum absolute atomic E-state index is 4.80. The standard InChI is InChI=1S/C5H7N2S2/c1-3(2)4-6-7-5(8)9-4/h3H,1-2H3. The van der Waals surface area contributed by atoms with E-state index in [1.165, 1.54) is 11.3 Å². The van der Waals surface area contributed by atoms with Crippen LogP contribution in [-0.2, 0) is 0 Å². The second-order valence-corrected chi connectivity index (χ2v) is 3.72. The summed E-state index contributed by atoms with van der Waals surface area (Å²) in [4.78, 5) is 0. The van der Waals surface area contributed by atoms with Crippen molar-refractivity contribution in [3.05, 3.63) is 5.01 Å². The fraction of sp³-hybridized carbons (Fsp3) is 0.600. The maximum atomic E-state index is 4.80. The summed E-state index contributed by atoms with van der Waals surface area (Å²) < 4.78 is 0.638. The van der Waals surface area contributed by atoms with Crippen LogP contribution in [0.15, 0.2) is 4.34 Å². The van der Waals surface area contributed by atoms with Crippen molar-refractivity contribution < 1.29 is 0 Å². The summed E-state index contributed by atoms with van der Waals surface area (Å²) in [7, 11) is 0. The van der Waals surface area contributed by atoms with E-state index in [4.69, 9.17) is 12.6 Å². The average molecular weight is 159 g/mol. The molecule has 1 aromatic rings. The molecule has 4 heteroatoms. The van der Waals surface area contributed by atoms with E-state index in [1.54, 1.807) is 0 Å². The van der Waals surface area contributed by atoms with Gasteiger partial charge in [0.15, 0.2) is 0 Å². The molecule has 0 unspecified atom stereocenters. The lowest BCUT2D eigenvalue weighted by Gasteiger charge is -1.92. The molecule has 0 aliphatic heterocycles. The monoisotopic (exact) mass is 159 g/mol. The van der Waals surface area contributed by atoms with Crippen LogP contribution < -0.4 is 0 Å². The molecule has 0 aliphatic carbocycles. The molecule has 0 aliphatic rings. The predicted octanol–water partition coefficient (Wildman–Crippen LogP) is 2.22. The maximum Gasteiger partial charge on any atom is 0.204 e. The second-order valence-electron chi connectivity index (χ2n) is 2.06. The highest BCUT2D eigenvalue weighted by molar-refractivity contribution is 7.82. The smallest absolute Gasteiger partial charge is 0.142 e. The Balaban J connectivity index is 2.85. The Morgan fingerprint density at radius 2 is 2.11 bits per heavy atom. The Labute approximate surface area is 63.7 Å². The molecule has 9 heavy (non-hydrogen) atoms. The van der Waals surface area contributed by atoms with Crippen LogP contribution in [0, 0.1) is 0 Å². The van der Waals surface area contributed by atoms with Crippen LogP contribution in [0.2, 0.25) is 0 Å². The van der Waals surface area contributed by atoms with Gasteiger partial charge in [-0.2, -0.15) is 0 Å². The minimum Gasteiger partial charge on any atom is -0.142 e. The van der Waals surface area contributed by atoms with Gasteiger partial charge in [-0.25, -0.2) is 0 Å². The van der Waals surface area contributed by atoms with Crippen LogP contribution in [0.3, 0.4) is 0 Å². The molecule has 0 saturated carbocycles. The molecule has 0 amide bonds. The van der Waals surface area contributed by atoms with Crippen LogP contribution >= 0.6 is 24.0 Å². The zero-order chi connectivity index (χ0) is 6.85. The highest BCUT2D eigenvalue weighted by Crippen LogP contribution is 2.20. The number of nitrogens with zero attached hydrogens (tertiary/aromatic N) is 2. The zero-order valence-corrected chi connectivity index (χ0v) is 6.92. The topological polar surface area (TPSA) is 25.8 Å². The van der Waals surface area contributed by atoms with Gasteiger partial charge >= 0.3 is 0 Å². The normalized spacial score (nSPS) is 10.6. The van der Waals surface area contributed by atoms with Gasteiger partial charge < -0.3 is 0 Å². The number of aromatic nitrogens is 2. The number of rotatable bonds is 1. The van der Waals surface area contributed by atoms with Gasteiger partial charge in [0, 0.05) is 5.92 Å². The third kappa shape index (κ3) is 1.59. The molecule has 0 fully saturated rings. The molecule has 1 radical (unpaired) electrons. The Kier molecular flexibility index (Phi) is 1.97. The molecule has 0 spiro atoms. The summed E-state index contributed by atoms with van der Waals surface area (Å²) in [5.74, 6) is 0.458.